The van der Waals surface area contributed by atoms with Gasteiger partial charge in [0.1, 0.15) is 5.75 Å². The number of hydrogen-bond acceptors (Lipinski definition) is 4. The van der Waals surface area contributed by atoms with Gasteiger partial charge in [0.05, 0.1) is 12.2 Å². The van der Waals surface area contributed by atoms with Crippen LogP contribution in [0.1, 0.15) is 23.2 Å². The number of hydrogen-bond donors (Lipinski definition) is 1. The topological polar surface area (TPSA) is 53.0 Å². The maximum atomic E-state index is 10.9. The first-order chi connectivity index (χ1) is 9.99. The molecule has 21 heavy (non-hydrogen) atoms. The zero-order chi connectivity index (χ0) is 15.7. The molecule has 0 saturated heterocycles. The van der Waals surface area contributed by atoms with Gasteiger partial charge >= 0.3 is 5.97 Å². The van der Waals surface area contributed by atoms with Gasteiger partial charge < -0.3 is 19.6 Å². The van der Waals surface area contributed by atoms with Crippen molar-refractivity contribution in [1.82, 2.24) is 9.80 Å². The van der Waals surface area contributed by atoms with Crippen LogP contribution >= 0.6 is 0 Å². The quantitative estimate of drug-likeness (QED) is 0.669. The lowest BCUT2D eigenvalue weighted by Crippen LogP contribution is -2.25. The molecule has 0 saturated carbocycles. The van der Waals surface area contributed by atoms with Gasteiger partial charge in [0, 0.05) is 6.54 Å². The summed E-state index contributed by atoms with van der Waals surface area (Å²) in [5.41, 5.74) is 0.258. The molecule has 0 fully saturated rings. The van der Waals surface area contributed by atoms with Crippen molar-refractivity contribution in [1.29, 1.82) is 0 Å². The Balaban J connectivity index is 2.19. The van der Waals surface area contributed by atoms with Crippen LogP contribution < -0.4 is 4.74 Å². The number of carbonyl (C=O) groups is 1. The summed E-state index contributed by atoms with van der Waals surface area (Å²) in [5.74, 6) is -0.314. The molecule has 1 aromatic rings. The third kappa shape index (κ3) is 7.68. The van der Waals surface area contributed by atoms with E-state index in [2.05, 4.69) is 30.9 Å². The number of nitrogens with zero attached hydrogens (tertiary/aromatic N) is 2. The Morgan fingerprint density at radius 3 is 2.52 bits per heavy atom. The smallest absolute Gasteiger partial charge is 0.335 e. The molecular formula is C16H26N2O3. The highest BCUT2D eigenvalue weighted by molar-refractivity contribution is 5.87. The van der Waals surface area contributed by atoms with Gasteiger partial charge in [-0.15, -0.1) is 0 Å². The molecule has 0 bridgehead atoms. The van der Waals surface area contributed by atoms with Gasteiger partial charge in [0.2, 0.25) is 0 Å². The summed E-state index contributed by atoms with van der Waals surface area (Å²) in [5, 5.41) is 8.91. The Labute approximate surface area is 127 Å². The molecule has 0 aliphatic rings. The molecule has 0 unspecified atom stereocenters. The predicted molar refractivity (Wildman–Crippen MR) is 84.2 cm³/mol. The third-order valence-electron chi connectivity index (χ3n) is 3.18. The molecule has 0 radical (unpaired) electrons. The summed E-state index contributed by atoms with van der Waals surface area (Å²) < 4.78 is 5.59. The number of carboxylic acid groups (broad SMARTS) is 1. The molecule has 0 aliphatic carbocycles. The van der Waals surface area contributed by atoms with Crippen molar-refractivity contribution in [2.24, 2.45) is 0 Å². The number of benzene rings is 1. The summed E-state index contributed by atoms with van der Waals surface area (Å²) in [6.07, 6.45) is 2.08. The first-order valence-corrected chi connectivity index (χ1v) is 7.28. The zero-order valence-corrected chi connectivity index (χ0v) is 13.2. The SMILES string of the molecule is CN(C)CCCN(C)CCCOc1cccc(C(=O)O)c1. The molecule has 5 nitrogen and oxygen atoms in total. The second-order valence-corrected chi connectivity index (χ2v) is 5.50. The van der Waals surface area contributed by atoms with Crippen molar-refractivity contribution in [2.45, 2.75) is 12.8 Å². The van der Waals surface area contributed by atoms with E-state index in [1.807, 2.05) is 0 Å². The molecule has 1 rings (SSSR count). The summed E-state index contributed by atoms with van der Waals surface area (Å²) in [7, 11) is 6.28. The fourth-order valence-corrected chi connectivity index (χ4v) is 2.01. The fourth-order valence-electron chi connectivity index (χ4n) is 2.01. The monoisotopic (exact) mass is 294 g/mol. The maximum Gasteiger partial charge on any atom is 0.335 e. The lowest BCUT2D eigenvalue weighted by molar-refractivity contribution is 0.0696. The van der Waals surface area contributed by atoms with Crippen LogP contribution in [0.3, 0.4) is 0 Å². The molecule has 118 valence electrons. The van der Waals surface area contributed by atoms with E-state index < -0.39 is 5.97 Å². The second-order valence-electron chi connectivity index (χ2n) is 5.50. The minimum Gasteiger partial charge on any atom is -0.494 e. The Kier molecular flexibility index (Phi) is 7.79. The first kappa shape index (κ1) is 17.5. The molecule has 0 atom stereocenters. The Morgan fingerprint density at radius 2 is 1.86 bits per heavy atom. The normalized spacial score (nSPS) is 11.1. The first-order valence-electron chi connectivity index (χ1n) is 7.28. The van der Waals surface area contributed by atoms with Gasteiger partial charge in [-0.05, 0) is 65.3 Å². The van der Waals surface area contributed by atoms with Crippen LogP contribution in [-0.2, 0) is 0 Å². The summed E-state index contributed by atoms with van der Waals surface area (Å²) in [4.78, 5) is 15.3. The van der Waals surface area contributed by atoms with Crippen LogP contribution in [-0.4, -0.2) is 68.3 Å². The van der Waals surface area contributed by atoms with Crippen molar-refractivity contribution in [3.05, 3.63) is 29.8 Å². The fraction of sp³-hybridized carbons (Fsp3) is 0.562. The van der Waals surface area contributed by atoms with E-state index in [1.165, 1.54) is 0 Å². The number of ether oxygens (including phenoxy) is 1. The van der Waals surface area contributed by atoms with Crippen LogP contribution in [0.25, 0.3) is 0 Å². The molecule has 5 heteroatoms. The predicted octanol–water partition coefficient (Wildman–Crippen LogP) is 2.04. The van der Waals surface area contributed by atoms with Crippen LogP contribution in [0.2, 0.25) is 0 Å². The molecule has 1 aromatic carbocycles. The van der Waals surface area contributed by atoms with Crippen molar-refractivity contribution in [2.75, 3.05) is 47.4 Å². The largest absolute Gasteiger partial charge is 0.494 e. The third-order valence-corrected chi connectivity index (χ3v) is 3.18. The number of rotatable bonds is 10. The van der Waals surface area contributed by atoms with Crippen LogP contribution in [0.4, 0.5) is 0 Å². The van der Waals surface area contributed by atoms with Gasteiger partial charge in [-0.2, -0.15) is 0 Å². The van der Waals surface area contributed by atoms with Crippen molar-refractivity contribution in [3.8, 4) is 5.75 Å². The molecule has 1 N–H and O–H groups in total. The molecule has 0 aliphatic heterocycles. The van der Waals surface area contributed by atoms with Crippen molar-refractivity contribution < 1.29 is 14.6 Å². The van der Waals surface area contributed by atoms with Crippen molar-refractivity contribution >= 4 is 5.97 Å². The highest BCUT2D eigenvalue weighted by Gasteiger charge is 2.04. The number of carboxylic acids is 1. The van der Waals surface area contributed by atoms with Crippen LogP contribution in [0.15, 0.2) is 24.3 Å². The van der Waals surface area contributed by atoms with E-state index in [4.69, 9.17) is 9.84 Å². The van der Waals surface area contributed by atoms with E-state index in [0.29, 0.717) is 12.4 Å². The average Bonchev–Trinajstić information content (AvgIpc) is 2.43. The summed E-state index contributed by atoms with van der Waals surface area (Å²) in [6, 6.07) is 6.61. The van der Waals surface area contributed by atoms with E-state index in [-0.39, 0.29) is 5.56 Å². The Bertz CT molecular complexity index is 435. The lowest BCUT2D eigenvalue weighted by Gasteiger charge is -2.18. The van der Waals surface area contributed by atoms with Gasteiger partial charge in [-0.25, -0.2) is 4.79 Å². The maximum absolute atomic E-state index is 10.9. The minimum atomic E-state index is -0.930. The van der Waals surface area contributed by atoms with Gasteiger partial charge in [-0.3, -0.25) is 0 Å². The summed E-state index contributed by atoms with van der Waals surface area (Å²) in [6.45, 7) is 3.75. The van der Waals surface area contributed by atoms with E-state index in [9.17, 15) is 4.79 Å². The molecule has 0 heterocycles. The second kappa shape index (κ2) is 9.37. The Hall–Kier alpha value is -1.59. The van der Waals surface area contributed by atoms with E-state index >= 15 is 0 Å². The zero-order valence-electron chi connectivity index (χ0n) is 13.2. The number of aromatic carboxylic acids is 1. The van der Waals surface area contributed by atoms with Crippen LogP contribution in [0.5, 0.6) is 5.75 Å². The molecule has 0 spiro atoms. The highest BCUT2D eigenvalue weighted by atomic mass is 16.5. The molecule has 0 aromatic heterocycles. The summed E-state index contributed by atoms with van der Waals surface area (Å²) >= 11 is 0. The highest BCUT2D eigenvalue weighted by Crippen LogP contribution is 2.13. The van der Waals surface area contributed by atoms with Gasteiger partial charge in [-0.1, -0.05) is 6.07 Å². The van der Waals surface area contributed by atoms with Crippen LogP contribution in [0, 0.1) is 0 Å². The molecular weight excluding hydrogens is 268 g/mol. The standard InChI is InChI=1S/C16H26N2O3/c1-17(2)9-5-10-18(3)11-6-12-21-15-8-4-7-14(13-15)16(19)20/h4,7-8,13H,5-6,9-12H2,1-3H3,(H,19,20). The average molecular weight is 294 g/mol. The van der Waals surface area contributed by atoms with Gasteiger partial charge in [0.25, 0.3) is 0 Å². The van der Waals surface area contributed by atoms with E-state index in [1.54, 1.807) is 24.3 Å². The Morgan fingerprint density at radius 1 is 1.14 bits per heavy atom. The van der Waals surface area contributed by atoms with E-state index in [0.717, 1.165) is 32.5 Å². The minimum absolute atomic E-state index is 0.258. The lowest BCUT2D eigenvalue weighted by atomic mass is 10.2. The van der Waals surface area contributed by atoms with Crippen molar-refractivity contribution in [3.63, 3.8) is 0 Å². The van der Waals surface area contributed by atoms with Gasteiger partial charge in [0.15, 0.2) is 0 Å². The molecule has 0 amide bonds.